The number of esters is 1. The first-order valence-corrected chi connectivity index (χ1v) is 11.1. The maximum Gasteiger partial charge on any atom is 0.338 e. The number of benzene rings is 3. The number of hydrogen-bond acceptors (Lipinski definition) is 5. The summed E-state index contributed by atoms with van der Waals surface area (Å²) in [7, 11) is 0. The van der Waals surface area contributed by atoms with E-state index in [0.717, 1.165) is 4.90 Å². The average Bonchev–Trinajstić information content (AvgIpc) is 3.09. The fourth-order valence-electron chi connectivity index (χ4n) is 4.03. The lowest BCUT2D eigenvalue weighted by Crippen LogP contribution is -2.29. The van der Waals surface area contributed by atoms with E-state index in [-0.39, 0.29) is 23.4 Å². The highest BCUT2D eigenvalue weighted by Gasteiger charge is 2.40. The van der Waals surface area contributed by atoms with Crippen LogP contribution in [0.3, 0.4) is 0 Å². The van der Waals surface area contributed by atoms with Crippen molar-refractivity contribution in [3.8, 4) is 0 Å². The van der Waals surface area contributed by atoms with Crippen LogP contribution in [0.4, 0.5) is 5.69 Å². The van der Waals surface area contributed by atoms with Crippen LogP contribution in [0, 0.1) is 6.92 Å². The van der Waals surface area contributed by atoms with Gasteiger partial charge in [0.05, 0.1) is 33.6 Å². The number of ether oxygens (including phenoxy) is 1. The van der Waals surface area contributed by atoms with Crippen molar-refractivity contribution in [3.63, 3.8) is 0 Å². The van der Waals surface area contributed by atoms with Crippen molar-refractivity contribution in [1.29, 1.82) is 0 Å². The van der Waals surface area contributed by atoms with E-state index in [2.05, 4.69) is 4.98 Å². The van der Waals surface area contributed by atoms with E-state index < -0.39 is 17.8 Å². The van der Waals surface area contributed by atoms with Crippen molar-refractivity contribution >= 4 is 57.6 Å². The van der Waals surface area contributed by atoms with Crippen LogP contribution in [0.15, 0.2) is 66.7 Å². The number of hydrogen-bond donors (Lipinski definition) is 0. The van der Waals surface area contributed by atoms with Gasteiger partial charge in [0.2, 0.25) is 0 Å². The maximum atomic E-state index is 13.4. The predicted octanol–water partition coefficient (Wildman–Crippen LogP) is 6.01. The number of imide groups is 1. The zero-order chi connectivity index (χ0) is 24.0. The van der Waals surface area contributed by atoms with Gasteiger partial charge in [0.25, 0.3) is 11.8 Å². The molecule has 2 amide bonds. The molecule has 0 unspecified atom stereocenters. The first-order valence-electron chi connectivity index (χ1n) is 10.3. The molecular formula is C26H16Cl2N2O4. The summed E-state index contributed by atoms with van der Waals surface area (Å²) in [6.45, 7) is 1.58. The van der Waals surface area contributed by atoms with Gasteiger partial charge in [-0.2, -0.15) is 0 Å². The van der Waals surface area contributed by atoms with Crippen LogP contribution in [0.1, 0.15) is 42.3 Å². The second-order valence-corrected chi connectivity index (χ2v) is 8.55. The SMILES string of the molecule is Cc1nc2ccccc2c2c1C(=O)N(c1cccc(C(=O)OCc3c(Cl)cccc3Cl)c1)C2=O. The number of amides is 2. The van der Waals surface area contributed by atoms with Gasteiger partial charge in [0, 0.05) is 21.0 Å². The molecule has 1 aliphatic heterocycles. The molecule has 6 nitrogen and oxygen atoms in total. The number of aryl methyl sites for hydroxylation is 1. The molecule has 0 saturated heterocycles. The predicted molar refractivity (Wildman–Crippen MR) is 130 cm³/mol. The molecule has 168 valence electrons. The van der Waals surface area contributed by atoms with Gasteiger partial charge in [-0.25, -0.2) is 9.69 Å². The van der Waals surface area contributed by atoms with Crippen molar-refractivity contribution in [1.82, 2.24) is 4.98 Å². The summed E-state index contributed by atoms with van der Waals surface area (Å²) in [5.41, 5.74) is 2.63. The zero-order valence-electron chi connectivity index (χ0n) is 17.8. The highest BCUT2D eigenvalue weighted by molar-refractivity contribution is 6.38. The normalized spacial score (nSPS) is 12.9. The Labute approximate surface area is 204 Å². The molecule has 1 aliphatic rings. The molecule has 5 rings (SSSR count). The van der Waals surface area contributed by atoms with E-state index >= 15 is 0 Å². The number of carbonyl (C=O) groups excluding carboxylic acids is 3. The second-order valence-electron chi connectivity index (χ2n) is 7.74. The second kappa shape index (κ2) is 8.56. The fraction of sp³-hybridized carbons (Fsp3) is 0.0769. The van der Waals surface area contributed by atoms with Gasteiger partial charge in [-0.3, -0.25) is 14.6 Å². The fourth-order valence-corrected chi connectivity index (χ4v) is 4.54. The van der Waals surface area contributed by atoms with E-state index in [1.807, 2.05) is 6.07 Å². The van der Waals surface area contributed by atoms with Crippen molar-refractivity contribution in [2.45, 2.75) is 13.5 Å². The minimum Gasteiger partial charge on any atom is -0.457 e. The van der Waals surface area contributed by atoms with E-state index in [1.165, 1.54) is 6.07 Å². The van der Waals surface area contributed by atoms with Crippen molar-refractivity contribution < 1.29 is 19.1 Å². The topological polar surface area (TPSA) is 76.6 Å². The van der Waals surface area contributed by atoms with Crippen molar-refractivity contribution in [2.75, 3.05) is 4.90 Å². The van der Waals surface area contributed by atoms with E-state index in [0.29, 0.717) is 37.8 Å². The van der Waals surface area contributed by atoms with Crippen LogP contribution >= 0.6 is 23.2 Å². The molecule has 2 heterocycles. The number of fused-ring (bicyclic) bond motifs is 3. The summed E-state index contributed by atoms with van der Waals surface area (Å²) >= 11 is 12.3. The highest BCUT2D eigenvalue weighted by atomic mass is 35.5. The summed E-state index contributed by atoms with van der Waals surface area (Å²) < 4.78 is 5.38. The summed E-state index contributed by atoms with van der Waals surface area (Å²) in [5, 5.41) is 1.38. The Kier molecular flexibility index (Phi) is 5.55. The lowest BCUT2D eigenvalue weighted by Gasteiger charge is -2.15. The Balaban J connectivity index is 1.46. The lowest BCUT2D eigenvalue weighted by molar-refractivity contribution is 0.0472. The number of anilines is 1. The zero-order valence-corrected chi connectivity index (χ0v) is 19.4. The molecule has 34 heavy (non-hydrogen) atoms. The Morgan fingerprint density at radius 3 is 2.35 bits per heavy atom. The first-order chi connectivity index (χ1) is 16.4. The molecule has 3 aromatic carbocycles. The van der Waals surface area contributed by atoms with Gasteiger partial charge in [-0.1, -0.05) is 53.5 Å². The van der Waals surface area contributed by atoms with Crippen LogP contribution in [0.2, 0.25) is 10.0 Å². The standard InChI is InChI=1S/C26H16Cl2N2O4/c1-14-22-23(17-8-2-3-11-21(17)29-14)25(32)30(24(22)31)16-7-4-6-15(12-16)26(33)34-13-18-19(27)9-5-10-20(18)28/h2-12H,13H2,1H3. The Morgan fingerprint density at radius 1 is 0.912 bits per heavy atom. The maximum absolute atomic E-state index is 13.4. The van der Waals surface area contributed by atoms with Gasteiger partial charge in [-0.15, -0.1) is 0 Å². The van der Waals surface area contributed by atoms with Gasteiger partial charge in [0.1, 0.15) is 6.61 Å². The molecule has 0 radical (unpaired) electrons. The average molecular weight is 491 g/mol. The molecule has 0 atom stereocenters. The summed E-state index contributed by atoms with van der Waals surface area (Å²) in [6, 6.07) is 18.3. The number of para-hydroxylation sites is 1. The van der Waals surface area contributed by atoms with E-state index in [4.69, 9.17) is 27.9 Å². The molecule has 0 fully saturated rings. The van der Waals surface area contributed by atoms with Crippen molar-refractivity contribution in [2.24, 2.45) is 0 Å². The number of pyridine rings is 1. The molecule has 0 aliphatic carbocycles. The molecular weight excluding hydrogens is 475 g/mol. The third-order valence-corrected chi connectivity index (χ3v) is 6.36. The molecule has 1 aromatic heterocycles. The van der Waals surface area contributed by atoms with Crippen LogP contribution in [-0.4, -0.2) is 22.8 Å². The van der Waals surface area contributed by atoms with Gasteiger partial charge in [0.15, 0.2) is 0 Å². The van der Waals surface area contributed by atoms with E-state index in [1.54, 1.807) is 61.5 Å². The Hall–Kier alpha value is -3.74. The molecule has 0 N–H and O–H groups in total. The van der Waals surface area contributed by atoms with Gasteiger partial charge >= 0.3 is 5.97 Å². The van der Waals surface area contributed by atoms with Crippen LogP contribution < -0.4 is 4.90 Å². The lowest BCUT2D eigenvalue weighted by atomic mass is 10.0. The van der Waals surface area contributed by atoms with Crippen LogP contribution in [0.5, 0.6) is 0 Å². The minimum atomic E-state index is -0.641. The summed E-state index contributed by atoms with van der Waals surface area (Å²) in [5.74, 6) is -1.59. The monoisotopic (exact) mass is 490 g/mol. The van der Waals surface area contributed by atoms with Crippen LogP contribution in [0.25, 0.3) is 10.9 Å². The number of halogens is 2. The van der Waals surface area contributed by atoms with Gasteiger partial charge < -0.3 is 4.74 Å². The number of nitrogens with zero attached hydrogens (tertiary/aromatic N) is 2. The molecule has 0 saturated carbocycles. The van der Waals surface area contributed by atoms with Crippen LogP contribution in [-0.2, 0) is 11.3 Å². The third kappa shape index (κ3) is 3.61. The smallest absolute Gasteiger partial charge is 0.338 e. The van der Waals surface area contributed by atoms with Crippen molar-refractivity contribution in [3.05, 3.63) is 105 Å². The number of rotatable bonds is 4. The molecule has 8 heteroatoms. The number of aromatic nitrogens is 1. The Bertz CT molecular complexity index is 1500. The van der Waals surface area contributed by atoms with E-state index in [9.17, 15) is 14.4 Å². The summed E-state index contributed by atoms with van der Waals surface area (Å²) in [6.07, 6.45) is 0. The Morgan fingerprint density at radius 2 is 1.59 bits per heavy atom. The molecule has 0 bridgehead atoms. The quantitative estimate of drug-likeness (QED) is 0.258. The molecule has 0 spiro atoms. The largest absolute Gasteiger partial charge is 0.457 e. The number of carbonyl (C=O) groups is 3. The van der Waals surface area contributed by atoms with Gasteiger partial charge in [-0.05, 0) is 43.3 Å². The molecule has 4 aromatic rings. The highest BCUT2D eigenvalue weighted by Crippen LogP contribution is 2.34. The summed E-state index contributed by atoms with van der Waals surface area (Å²) in [4.78, 5) is 44.9. The minimum absolute atomic E-state index is 0.120. The third-order valence-electron chi connectivity index (χ3n) is 5.66. The first kappa shape index (κ1) is 22.1.